The number of hydrogen-bond acceptors (Lipinski definition) is 3. The molecule has 0 unspecified atom stereocenters. The number of benzene rings is 2. The number of halogens is 6. The first-order valence-corrected chi connectivity index (χ1v) is 9.17. The molecule has 0 spiro atoms. The number of fused-ring (bicyclic) bond motifs is 1. The van der Waals surface area contributed by atoms with Crippen molar-refractivity contribution in [1.29, 1.82) is 0 Å². The molecule has 0 bridgehead atoms. The Hall–Kier alpha value is -3.82. The first-order chi connectivity index (χ1) is 15.0. The number of H-pyrrole nitrogens is 1. The van der Waals surface area contributed by atoms with E-state index in [1.807, 2.05) is 0 Å². The monoisotopic (exact) mass is 449 g/mol. The highest BCUT2D eigenvalue weighted by Gasteiger charge is 2.31. The van der Waals surface area contributed by atoms with Gasteiger partial charge in [0.15, 0.2) is 0 Å². The fourth-order valence-electron chi connectivity index (χ4n) is 3.22. The molecule has 2 heterocycles. The minimum absolute atomic E-state index is 0.0121. The largest absolute Gasteiger partial charge is 0.416 e. The molecule has 4 rings (SSSR count). The van der Waals surface area contributed by atoms with Crippen LogP contribution in [0.3, 0.4) is 0 Å². The van der Waals surface area contributed by atoms with Crippen molar-refractivity contribution in [3.05, 3.63) is 88.3 Å². The van der Waals surface area contributed by atoms with E-state index in [1.54, 1.807) is 0 Å². The van der Waals surface area contributed by atoms with E-state index in [0.717, 1.165) is 24.3 Å². The van der Waals surface area contributed by atoms with E-state index in [9.17, 15) is 31.1 Å². The number of nitrogens with zero attached hydrogens (tertiary/aromatic N) is 1. The van der Waals surface area contributed by atoms with Gasteiger partial charge in [0.05, 0.1) is 22.2 Å². The second-order valence-corrected chi connectivity index (χ2v) is 6.91. The lowest BCUT2D eigenvalue weighted by atomic mass is 10.0. The van der Waals surface area contributed by atoms with Gasteiger partial charge in [-0.3, -0.25) is 4.79 Å². The van der Waals surface area contributed by atoms with Crippen molar-refractivity contribution in [3.8, 4) is 11.3 Å². The molecule has 10 heteroatoms. The highest BCUT2D eigenvalue weighted by atomic mass is 19.4. The molecule has 0 saturated carbocycles. The van der Waals surface area contributed by atoms with Crippen molar-refractivity contribution in [2.24, 2.45) is 0 Å². The Bertz CT molecular complexity index is 1360. The standard InChI is InChI=1S/C22H13F6N3O/c23-21(24,25)14-4-1-3-12(9-14)17-10-13-7-8-29-20(32)18(13)19(31-17)30-16-6-2-5-15(11-16)22(26,27)28/h1-11H,(H,29,32)(H,30,31). The number of aromatic nitrogens is 2. The Balaban J connectivity index is 1.87. The number of alkyl halides is 6. The predicted octanol–water partition coefficient (Wildman–Crippen LogP) is 6.37. The van der Waals surface area contributed by atoms with Gasteiger partial charge in [0, 0.05) is 17.4 Å². The molecule has 32 heavy (non-hydrogen) atoms. The van der Waals surface area contributed by atoms with Gasteiger partial charge in [0.1, 0.15) is 5.82 Å². The van der Waals surface area contributed by atoms with E-state index in [4.69, 9.17) is 0 Å². The summed E-state index contributed by atoms with van der Waals surface area (Å²) in [4.78, 5) is 19.1. The van der Waals surface area contributed by atoms with Gasteiger partial charge in [-0.25, -0.2) is 4.98 Å². The van der Waals surface area contributed by atoms with Gasteiger partial charge >= 0.3 is 12.4 Å². The average Bonchev–Trinajstić information content (AvgIpc) is 2.73. The van der Waals surface area contributed by atoms with Crippen LogP contribution in [0.25, 0.3) is 22.0 Å². The van der Waals surface area contributed by atoms with Gasteiger partial charge in [-0.2, -0.15) is 26.3 Å². The van der Waals surface area contributed by atoms with E-state index >= 15 is 0 Å². The third kappa shape index (κ3) is 4.29. The zero-order chi connectivity index (χ0) is 23.1. The fraction of sp³-hybridized carbons (Fsp3) is 0.0909. The van der Waals surface area contributed by atoms with Crippen molar-refractivity contribution in [2.75, 3.05) is 5.32 Å². The molecule has 0 radical (unpaired) electrons. The molecule has 0 aliphatic rings. The predicted molar refractivity (Wildman–Crippen MR) is 108 cm³/mol. The molecule has 0 saturated heterocycles. The van der Waals surface area contributed by atoms with Crippen molar-refractivity contribution in [2.45, 2.75) is 12.4 Å². The minimum atomic E-state index is -4.58. The molecular weight excluding hydrogens is 436 g/mol. The molecule has 2 N–H and O–H groups in total. The van der Waals surface area contributed by atoms with Gasteiger partial charge in [-0.05, 0) is 47.9 Å². The molecule has 0 aliphatic carbocycles. The summed E-state index contributed by atoms with van der Waals surface area (Å²) in [5, 5.41) is 3.11. The molecule has 2 aromatic carbocycles. The van der Waals surface area contributed by atoms with Gasteiger partial charge in [-0.15, -0.1) is 0 Å². The Morgan fingerprint density at radius 2 is 1.47 bits per heavy atom. The molecule has 2 aromatic heterocycles. The summed E-state index contributed by atoms with van der Waals surface area (Å²) < 4.78 is 78.5. The van der Waals surface area contributed by atoms with Crippen LogP contribution in [-0.4, -0.2) is 9.97 Å². The summed E-state index contributed by atoms with van der Waals surface area (Å²) in [6.45, 7) is 0. The lowest BCUT2D eigenvalue weighted by Gasteiger charge is -2.14. The second kappa shape index (κ2) is 7.70. The Labute approximate surface area is 176 Å². The molecule has 4 nitrogen and oxygen atoms in total. The highest BCUT2D eigenvalue weighted by molar-refractivity contribution is 5.95. The maximum Gasteiger partial charge on any atom is 0.416 e. The van der Waals surface area contributed by atoms with Gasteiger partial charge in [0.2, 0.25) is 0 Å². The number of rotatable bonds is 3. The molecule has 0 amide bonds. The van der Waals surface area contributed by atoms with Crippen molar-refractivity contribution >= 4 is 22.3 Å². The van der Waals surface area contributed by atoms with Crippen LogP contribution >= 0.6 is 0 Å². The molecule has 164 valence electrons. The Morgan fingerprint density at radius 1 is 0.812 bits per heavy atom. The summed E-state index contributed by atoms with van der Waals surface area (Å²) in [5.74, 6) is -0.0870. The maximum atomic E-state index is 13.1. The number of pyridine rings is 2. The topological polar surface area (TPSA) is 57.8 Å². The van der Waals surface area contributed by atoms with Gasteiger partial charge in [0.25, 0.3) is 5.56 Å². The van der Waals surface area contributed by atoms with E-state index in [2.05, 4.69) is 15.3 Å². The van der Waals surface area contributed by atoms with E-state index < -0.39 is 29.0 Å². The van der Waals surface area contributed by atoms with Crippen LogP contribution in [0.15, 0.2) is 71.7 Å². The Morgan fingerprint density at radius 3 is 2.16 bits per heavy atom. The van der Waals surface area contributed by atoms with Crippen LogP contribution in [0.4, 0.5) is 37.8 Å². The average molecular weight is 449 g/mol. The van der Waals surface area contributed by atoms with Crippen LogP contribution in [0, 0.1) is 0 Å². The SMILES string of the molecule is O=c1[nH]ccc2cc(-c3cccc(C(F)(F)F)c3)nc(Nc3cccc(C(F)(F)F)c3)c12. The van der Waals surface area contributed by atoms with Crippen LogP contribution in [0.1, 0.15) is 11.1 Å². The summed E-state index contributed by atoms with van der Waals surface area (Å²) >= 11 is 0. The lowest BCUT2D eigenvalue weighted by Crippen LogP contribution is -2.10. The number of nitrogens with one attached hydrogen (secondary N) is 2. The maximum absolute atomic E-state index is 13.1. The summed E-state index contributed by atoms with van der Waals surface area (Å²) in [5.41, 5.74) is -2.08. The third-order valence-electron chi connectivity index (χ3n) is 4.69. The first-order valence-electron chi connectivity index (χ1n) is 9.17. The number of hydrogen-bond donors (Lipinski definition) is 2. The van der Waals surface area contributed by atoms with Gasteiger partial charge < -0.3 is 10.3 Å². The van der Waals surface area contributed by atoms with Crippen LogP contribution < -0.4 is 10.9 Å². The van der Waals surface area contributed by atoms with E-state index in [1.165, 1.54) is 42.6 Å². The second-order valence-electron chi connectivity index (χ2n) is 6.91. The summed E-state index contributed by atoms with van der Waals surface area (Å²) in [7, 11) is 0. The van der Waals surface area contributed by atoms with Gasteiger partial charge in [-0.1, -0.05) is 18.2 Å². The highest BCUT2D eigenvalue weighted by Crippen LogP contribution is 2.35. The smallest absolute Gasteiger partial charge is 0.340 e. The number of anilines is 2. The number of aromatic amines is 1. The zero-order valence-corrected chi connectivity index (χ0v) is 16.0. The van der Waals surface area contributed by atoms with Crippen molar-refractivity contribution in [3.63, 3.8) is 0 Å². The fourth-order valence-corrected chi connectivity index (χ4v) is 3.22. The summed E-state index contributed by atoms with van der Waals surface area (Å²) in [6, 6.07) is 11.7. The zero-order valence-electron chi connectivity index (χ0n) is 16.0. The molecule has 0 atom stereocenters. The normalized spacial score (nSPS) is 12.2. The van der Waals surface area contributed by atoms with Crippen LogP contribution in [0.2, 0.25) is 0 Å². The van der Waals surface area contributed by atoms with Crippen LogP contribution in [-0.2, 0) is 12.4 Å². The van der Waals surface area contributed by atoms with E-state index in [-0.39, 0.29) is 28.1 Å². The lowest BCUT2D eigenvalue weighted by molar-refractivity contribution is -0.138. The Kier molecular flexibility index (Phi) is 5.15. The van der Waals surface area contributed by atoms with Crippen LogP contribution in [0.5, 0.6) is 0 Å². The quantitative estimate of drug-likeness (QED) is 0.357. The molecule has 0 aliphatic heterocycles. The molecule has 0 fully saturated rings. The summed E-state index contributed by atoms with van der Waals surface area (Å²) in [6.07, 6.45) is -7.79. The van der Waals surface area contributed by atoms with E-state index in [0.29, 0.717) is 5.39 Å². The molecule has 4 aromatic rings. The third-order valence-corrected chi connectivity index (χ3v) is 4.69. The first kappa shape index (κ1) is 21.4. The molecular formula is C22H13F6N3O. The minimum Gasteiger partial charge on any atom is -0.340 e. The van der Waals surface area contributed by atoms with Crippen molar-refractivity contribution < 1.29 is 26.3 Å². The van der Waals surface area contributed by atoms with Crippen molar-refractivity contribution in [1.82, 2.24) is 9.97 Å².